The molecule has 1 aromatic carbocycles. The largest absolute Gasteiger partial charge is 0.330 e. The van der Waals surface area contributed by atoms with Crippen LogP contribution in [0.3, 0.4) is 0 Å². The molecule has 1 aliphatic heterocycles. The van der Waals surface area contributed by atoms with E-state index in [4.69, 9.17) is 0 Å². The summed E-state index contributed by atoms with van der Waals surface area (Å²) in [5, 5.41) is 14.0. The summed E-state index contributed by atoms with van der Waals surface area (Å²) in [6.07, 6.45) is 4.57. The monoisotopic (exact) mass is 319 g/mol. The highest BCUT2D eigenvalue weighted by molar-refractivity contribution is 6.03. The van der Waals surface area contributed by atoms with Gasteiger partial charge in [-0.2, -0.15) is 10.4 Å². The molecular weight excluding hydrogens is 302 g/mol. The smallest absolute Gasteiger partial charge is 0.191 e. The fourth-order valence-electron chi connectivity index (χ4n) is 3.44. The number of hydrogen-bond donors (Lipinski definition) is 0. The first-order valence-corrected chi connectivity index (χ1v) is 8.10. The van der Waals surface area contributed by atoms with Gasteiger partial charge in [0.05, 0.1) is 28.9 Å². The van der Waals surface area contributed by atoms with Gasteiger partial charge in [0, 0.05) is 19.3 Å². The first-order chi connectivity index (χ1) is 11.7. The lowest BCUT2D eigenvalue weighted by Gasteiger charge is -2.15. The summed E-state index contributed by atoms with van der Waals surface area (Å²) >= 11 is 0. The molecule has 0 spiro atoms. The summed E-state index contributed by atoms with van der Waals surface area (Å²) in [4.78, 5) is 17.5. The number of fused-ring (bicyclic) bond motifs is 2. The van der Waals surface area contributed by atoms with Crippen molar-refractivity contribution in [3.05, 3.63) is 47.5 Å². The van der Waals surface area contributed by atoms with Crippen LogP contribution in [0.5, 0.6) is 0 Å². The first kappa shape index (κ1) is 14.6. The maximum Gasteiger partial charge on any atom is 0.191 e. The van der Waals surface area contributed by atoms with Crippen LogP contribution >= 0.6 is 0 Å². The molecule has 1 unspecified atom stereocenters. The zero-order valence-corrected chi connectivity index (χ0v) is 13.4. The van der Waals surface area contributed by atoms with Gasteiger partial charge >= 0.3 is 0 Å². The average Bonchev–Trinajstić information content (AvgIpc) is 3.18. The number of benzene rings is 1. The number of hydrogen-bond acceptors (Lipinski definition) is 4. The molecule has 0 fully saturated rings. The molecule has 0 N–H and O–H groups in total. The van der Waals surface area contributed by atoms with E-state index in [1.165, 1.54) is 0 Å². The minimum absolute atomic E-state index is 0.209. The minimum Gasteiger partial charge on any atom is -0.330 e. The summed E-state index contributed by atoms with van der Waals surface area (Å²) in [5.74, 6) is -0.642. The van der Waals surface area contributed by atoms with Crippen LogP contribution in [-0.2, 0) is 20.0 Å². The van der Waals surface area contributed by atoms with Crippen LogP contribution < -0.4 is 0 Å². The van der Waals surface area contributed by atoms with E-state index in [1.807, 2.05) is 40.6 Å². The molecule has 3 aromatic rings. The van der Waals surface area contributed by atoms with Gasteiger partial charge in [0.1, 0.15) is 5.82 Å². The Balaban J connectivity index is 1.78. The number of carbonyl (C=O) groups excluding carboxylic acids is 1. The summed E-state index contributed by atoms with van der Waals surface area (Å²) < 4.78 is 3.72. The van der Waals surface area contributed by atoms with Crippen molar-refractivity contribution in [2.24, 2.45) is 7.05 Å². The zero-order valence-electron chi connectivity index (χ0n) is 13.4. The van der Waals surface area contributed by atoms with Gasteiger partial charge in [0.2, 0.25) is 0 Å². The number of imidazole rings is 1. The Morgan fingerprint density at radius 2 is 2.17 bits per heavy atom. The fraction of sp³-hybridized carbons (Fsp3) is 0.333. The molecule has 0 radical (unpaired) electrons. The van der Waals surface area contributed by atoms with Gasteiger partial charge < -0.3 is 4.57 Å². The van der Waals surface area contributed by atoms with Crippen molar-refractivity contribution < 1.29 is 4.79 Å². The van der Waals surface area contributed by atoms with Crippen LogP contribution in [0.15, 0.2) is 30.5 Å². The van der Waals surface area contributed by atoms with Crippen LogP contribution in [0.25, 0.3) is 11.0 Å². The normalized spacial score (nSPS) is 15.0. The van der Waals surface area contributed by atoms with Crippen molar-refractivity contribution in [2.75, 3.05) is 0 Å². The molecule has 24 heavy (non-hydrogen) atoms. The van der Waals surface area contributed by atoms with Crippen molar-refractivity contribution in [1.29, 1.82) is 5.26 Å². The van der Waals surface area contributed by atoms with Crippen molar-refractivity contribution >= 4 is 16.8 Å². The molecule has 6 heteroatoms. The number of aromatic nitrogens is 4. The molecule has 1 aliphatic rings. The highest BCUT2D eigenvalue weighted by atomic mass is 16.1. The number of ketones is 1. The molecule has 2 aromatic heterocycles. The van der Waals surface area contributed by atoms with Gasteiger partial charge in [-0.3, -0.25) is 9.48 Å². The maximum absolute atomic E-state index is 13.0. The number of Topliss-reactive ketones (excluding diaryl/α,β-unsaturated/α-hetero) is 1. The minimum atomic E-state index is -0.918. The molecular formula is C18H17N5O. The van der Waals surface area contributed by atoms with E-state index >= 15 is 0 Å². The Kier molecular flexibility index (Phi) is 3.42. The van der Waals surface area contributed by atoms with Crippen LogP contribution in [-0.4, -0.2) is 25.1 Å². The number of nitriles is 1. The third-order valence-corrected chi connectivity index (χ3v) is 4.72. The average molecular weight is 319 g/mol. The number of aryl methyl sites for hydroxylation is 2. The van der Waals surface area contributed by atoms with Crippen molar-refractivity contribution in [1.82, 2.24) is 19.3 Å². The van der Waals surface area contributed by atoms with E-state index in [2.05, 4.69) is 16.2 Å². The quantitative estimate of drug-likeness (QED) is 0.695. The topological polar surface area (TPSA) is 76.5 Å². The molecule has 0 saturated heterocycles. The Morgan fingerprint density at radius 1 is 1.33 bits per heavy atom. The van der Waals surface area contributed by atoms with Crippen LogP contribution in [0.4, 0.5) is 0 Å². The van der Waals surface area contributed by atoms with E-state index in [9.17, 15) is 10.1 Å². The summed E-state index contributed by atoms with van der Waals surface area (Å²) in [6.45, 7) is 0.839. The summed E-state index contributed by atoms with van der Waals surface area (Å²) in [5.41, 5.74) is 3.22. The fourth-order valence-corrected chi connectivity index (χ4v) is 3.44. The SMILES string of the molecule is Cn1c(C(C#N)C(=O)c2cnn3c2CCCC3)nc2ccccc21. The van der Waals surface area contributed by atoms with E-state index in [0.717, 1.165) is 42.5 Å². The molecule has 0 bridgehead atoms. The Morgan fingerprint density at radius 3 is 2.96 bits per heavy atom. The Bertz CT molecular complexity index is 975. The number of para-hydroxylation sites is 2. The molecule has 120 valence electrons. The highest BCUT2D eigenvalue weighted by Gasteiger charge is 2.30. The highest BCUT2D eigenvalue weighted by Crippen LogP contribution is 2.27. The van der Waals surface area contributed by atoms with Gasteiger partial charge in [-0.25, -0.2) is 4.98 Å². The van der Waals surface area contributed by atoms with Crippen molar-refractivity contribution in [3.63, 3.8) is 0 Å². The molecule has 4 rings (SSSR count). The lowest BCUT2D eigenvalue weighted by atomic mass is 9.96. The predicted octanol–water partition coefficient (Wildman–Crippen LogP) is 2.60. The lowest BCUT2D eigenvalue weighted by molar-refractivity contribution is 0.0974. The number of carbonyl (C=O) groups is 1. The second-order valence-electron chi connectivity index (χ2n) is 6.13. The molecule has 1 atom stereocenters. The summed E-state index contributed by atoms with van der Waals surface area (Å²) in [6, 6.07) is 9.79. The standard InChI is InChI=1S/C18H17N5O/c1-22-16-8-3-2-6-14(16)21-18(22)12(10-19)17(24)13-11-20-23-9-5-4-7-15(13)23/h2-3,6,8,11-12H,4-5,7,9H2,1H3. The van der Waals surface area contributed by atoms with Gasteiger partial charge in [0.15, 0.2) is 11.7 Å². The third kappa shape index (κ3) is 2.13. The summed E-state index contributed by atoms with van der Waals surface area (Å²) in [7, 11) is 1.84. The van der Waals surface area contributed by atoms with Crippen LogP contribution in [0.1, 0.15) is 40.6 Å². The molecule has 6 nitrogen and oxygen atoms in total. The third-order valence-electron chi connectivity index (χ3n) is 4.72. The van der Waals surface area contributed by atoms with Gasteiger partial charge in [-0.15, -0.1) is 0 Å². The van der Waals surface area contributed by atoms with Gasteiger partial charge in [0.25, 0.3) is 0 Å². The van der Waals surface area contributed by atoms with E-state index in [1.54, 1.807) is 6.20 Å². The zero-order chi connectivity index (χ0) is 16.7. The first-order valence-electron chi connectivity index (χ1n) is 8.10. The van der Waals surface area contributed by atoms with E-state index in [-0.39, 0.29) is 5.78 Å². The van der Waals surface area contributed by atoms with Crippen LogP contribution in [0.2, 0.25) is 0 Å². The Labute approximate surface area is 139 Å². The second-order valence-corrected chi connectivity index (χ2v) is 6.13. The predicted molar refractivity (Wildman–Crippen MR) is 88.6 cm³/mol. The van der Waals surface area contributed by atoms with E-state index in [0.29, 0.717) is 11.4 Å². The molecule has 3 heterocycles. The maximum atomic E-state index is 13.0. The molecule has 0 saturated carbocycles. The Hall–Kier alpha value is -2.94. The van der Waals surface area contributed by atoms with Crippen LogP contribution in [0, 0.1) is 11.3 Å². The lowest BCUT2D eigenvalue weighted by Crippen LogP contribution is -2.19. The van der Waals surface area contributed by atoms with Gasteiger partial charge in [-0.05, 0) is 31.4 Å². The van der Waals surface area contributed by atoms with Crippen molar-refractivity contribution in [3.8, 4) is 6.07 Å². The van der Waals surface area contributed by atoms with E-state index < -0.39 is 5.92 Å². The number of nitrogens with zero attached hydrogens (tertiary/aromatic N) is 5. The van der Waals surface area contributed by atoms with Gasteiger partial charge in [-0.1, -0.05) is 12.1 Å². The van der Waals surface area contributed by atoms with Crippen molar-refractivity contribution in [2.45, 2.75) is 31.7 Å². The molecule has 0 aliphatic carbocycles. The second kappa shape index (κ2) is 5.60. The molecule has 0 amide bonds. The number of rotatable bonds is 3.